The lowest BCUT2D eigenvalue weighted by Crippen LogP contribution is -2.51. The van der Waals surface area contributed by atoms with Crippen molar-refractivity contribution in [2.75, 3.05) is 31.1 Å². The van der Waals surface area contributed by atoms with Gasteiger partial charge in [0.2, 0.25) is 11.8 Å². The lowest BCUT2D eigenvalue weighted by Gasteiger charge is -2.35. The summed E-state index contributed by atoms with van der Waals surface area (Å²) in [5.74, 6) is 2.31. The van der Waals surface area contributed by atoms with Crippen LogP contribution in [0.5, 0.6) is 0 Å². The lowest BCUT2D eigenvalue weighted by atomic mass is 10.3. The van der Waals surface area contributed by atoms with Crippen molar-refractivity contribution in [1.82, 2.24) is 25.0 Å². The monoisotopic (exact) mass is 302 g/mol. The Hall–Kier alpha value is -2.71. The third-order valence-corrected chi connectivity index (χ3v) is 3.38. The van der Waals surface area contributed by atoms with Crippen molar-refractivity contribution in [3.63, 3.8) is 0 Å². The normalized spacial score (nSPS) is 16.1. The van der Waals surface area contributed by atoms with Gasteiger partial charge in [-0.2, -0.15) is 4.98 Å². The molecule has 0 atom stereocenters. The fourth-order valence-electron chi connectivity index (χ4n) is 2.24. The van der Waals surface area contributed by atoms with E-state index in [0.29, 0.717) is 24.2 Å². The Kier molecular flexibility index (Phi) is 4.12. The van der Waals surface area contributed by atoms with Crippen molar-refractivity contribution < 1.29 is 4.52 Å². The van der Waals surface area contributed by atoms with E-state index < -0.39 is 0 Å². The van der Waals surface area contributed by atoms with E-state index in [-0.39, 0.29) is 0 Å². The number of aryl methyl sites for hydroxylation is 1. The molecule has 0 bridgehead atoms. The fourth-order valence-corrected chi connectivity index (χ4v) is 2.24. The number of aliphatic imine (C=N–C) groups is 1. The Morgan fingerprint density at radius 1 is 1.27 bits per heavy atom. The maximum Gasteiger partial charge on any atom is 0.248 e. The van der Waals surface area contributed by atoms with Gasteiger partial charge in [-0.25, -0.2) is 15.0 Å². The highest BCUT2D eigenvalue weighted by Crippen LogP contribution is 2.09. The zero-order valence-corrected chi connectivity index (χ0v) is 12.4. The molecular formula is C13H18N8O. The van der Waals surface area contributed by atoms with Crippen molar-refractivity contribution in [3.8, 4) is 0 Å². The van der Waals surface area contributed by atoms with Gasteiger partial charge in [0.05, 0.1) is 0 Å². The molecule has 9 heteroatoms. The van der Waals surface area contributed by atoms with Gasteiger partial charge in [0.25, 0.3) is 0 Å². The summed E-state index contributed by atoms with van der Waals surface area (Å²) in [5, 5.41) is 3.72. The van der Waals surface area contributed by atoms with Crippen LogP contribution in [0.2, 0.25) is 0 Å². The third-order valence-electron chi connectivity index (χ3n) is 3.38. The first-order valence-corrected chi connectivity index (χ1v) is 7.08. The quantitative estimate of drug-likeness (QED) is 0.613. The van der Waals surface area contributed by atoms with E-state index in [9.17, 15) is 0 Å². The molecule has 2 N–H and O–H groups in total. The van der Waals surface area contributed by atoms with Gasteiger partial charge in [0.15, 0.2) is 11.8 Å². The van der Waals surface area contributed by atoms with Gasteiger partial charge >= 0.3 is 0 Å². The van der Waals surface area contributed by atoms with Gasteiger partial charge in [0, 0.05) is 38.6 Å². The van der Waals surface area contributed by atoms with Crippen LogP contribution in [0.1, 0.15) is 11.7 Å². The van der Waals surface area contributed by atoms with Crippen molar-refractivity contribution in [2.45, 2.75) is 13.5 Å². The van der Waals surface area contributed by atoms with Crippen molar-refractivity contribution >= 4 is 11.9 Å². The number of rotatable bonds is 3. The molecule has 22 heavy (non-hydrogen) atoms. The molecule has 0 aliphatic carbocycles. The molecule has 1 aliphatic rings. The van der Waals surface area contributed by atoms with Crippen molar-refractivity contribution in [3.05, 3.63) is 30.2 Å². The summed E-state index contributed by atoms with van der Waals surface area (Å²) in [4.78, 5) is 21.1. The first kappa shape index (κ1) is 14.2. The molecule has 1 aliphatic heterocycles. The molecular weight excluding hydrogens is 284 g/mol. The molecule has 2 aromatic heterocycles. The maximum absolute atomic E-state index is 6.02. The summed E-state index contributed by atoms with van der Waals surface area (Å²) in [6.07, 6.45) is 3.49. The molecule has 3 heterocycles. The van der Waals surface area contributed by atoms with Crippen LogP contribution in [-0.2, 0) is 6.54 Å². The summed E-state index contributed by atoms with van der Waals surface area (Å²) < 4.78 is 5.01. The van der Waals surface area contributed by atoms with Crippen LogP contribution < -0.4 is 10.6 Å². The number of hydrogen-bond acceptors (Lipinski definition) is 7. The molecule has 116 valence electrons. The standard InChI is InChI=1S/C13H18N8O/c1-10-18-11(22-19-10)9-17-12(14)20-5-7-21(8-6-20)13-15-3-2-4-16-13/h2-4H,5-9H2,1H3,(H2,14,17). The first-order valence-electron chi connectivity index (χ1n) is 7.08. The van der Waals surface area contributed by atoms with Gasteiger partial charge in [-0.1, -0.05) is 5.16 Å². The van der Waals surface area contributed by atoms with Gasteiger partial charge in [-0.15, -0.1) is 0 Å². The highest BCUT2D eigenvalue weighted by Gasteiger charge is 2.19. The molecule has 0 radical (unpaired) electrons. The van der Waals surface area contributed by atoms with Gasteiger partial charge in [-0.05, 0) is 13.0 Å². The molecule has 3 rings (SSSR count). The molecule has 0 amide bonds. The summed E-state index contributed by atoms with van der Waals surface area (Å²) in [7, 11) is 0. The Morgan fingerprint density at radius 2 is 2.00 bits per heavy atom. The number of piperazine rings is 1. The molecule has 1 fully saturated rings. The molecule has 9 nitrogen and oxygen atoms in total. The Balaban J connectivity index is 1.54. The number of nitrogens with zero attached hydrogens (tertiary/aromatic N) is 7. The van der Waals surface area contributed by atoms with Gasteiger partial charge in [0.1, 0.15) is 6.54 Å². The average molecular weight is 302 g/mol. The predicted molar refractivity (Wildman–Crippen MR) is 80.2 cm³/mol. The minimum atomic E-state index is 0.300. The minimum absolute atomic E-state index is 0.300. The van der Waals surface area contributed by atoms with E-state index >= 15 is 0 Å². The maximum atomic E-state index is 6.02. The largest absolute Gasteiger partial charge is 0.370 e. The zero-order chi connectivity index (χ0) is 15.4. The predicted octanol–water partition coefficient (Wildman–Crippen LogP) is -0.195. The second kappa shape index (κ2) is 6.37. The number of guanidine groups is 1. The van der Waals surface area contributed by atoms with Crippen LogP contribution in [0, 0.1) is 6.92 Å². The molecule has 0 saturated carbocycles. The summed E-state index contributed by atoms with van der Waals surface area (Å²) in [5.41, 5.74) is 6.02. The van der Waals surface area contributed by atoms with Crippen LogP contribution in [0.3, 0.4) is 0 Å². The molecule has 2 aromatic rings. The zero-order valence-electron chi connectivity index (χ0n) is 12.4. The van der Waals surface area contributed by atoms with Crippen LogP contribution in [0.25, 0.3) is 0 Å². The van der Waals surface area contributed by atoms with Gasteiger partial charge < -0.3 is 20.1 Å². The van der Waals surface area contributed by atoms with Crippen LogP contribution in [-0.4, -0.2) is 57.1 Å². The molecule has 1 saturated heterocycles. The Morgan fingerprint density at radius 3 is 2.64 bits per heavy atom. The van der Waals surface area contributed by atoms with Crippen LogP contribution in [0.4, 0.5) is 5.95 Å². The number of nitrogens with two attached hydrogens (primary N) is 1. The summed E-state index contributed by atoms with van der Waals surface area (Å²) in [6, 6.07) is 1.81. The van der Waals surface area contributed by atoms with Crippen LogP contribution >= 0.6 is 0 Å². The van der Waals surface area contributed by atoms with E-state index in [1.807, 2.05) is 11.0 Å². The van der Waals surface area contributed by atoms with Gasteiger partial charge in [-0.3, -0.25) is 0 Å². The smallest absolute Gasteiger partial charge is 0.248 e. The number of anilines is 1. The molecule has 0 unspecified atom stereocenters. The highest BCUT2D eigenvalue weighted by atomic mass is 16.5. The summed E-state index contributed by atoms with van der Waals surface area (Å²) in [6.45, 7) is 5.23. The first-order chi connectivity index (χ1) is 10.7. The Bertz CT molecular complexity index is 632. The molecule has 0 aromatic carbocycles. The van der Waals surface area contributed by atoms with E-state index in [0.717, 1.165) is 32.1 Å². The van der Waals surface area contributed by atoms with E-state index in [1.165, 1.54) is 0 Å². The Labute approximate surface area is 127 Å². The summed E-state index contributed by atoms with van der Waals surface area (Å²) >= 11 is 0. The minimum Gasteiger partial charge on any atom is -0.370 e. The fraction of sp³-hybridized carbons (Fsp3) is 0.462. The third kappa shape index (κ3) is 3.30. The van der Waals surface area contributed by atoms with Crippen molar-refractivity contribution in [2.24, 2.45) is 10.7 Å². The highest BCUT2D eigenvalue weighted by molar-refractivity contribution is 5.78. The van der Waals surface area contributed by atoms with E-state index in [1.54, 1.807) is 19.3 Å². The van der Waals surface area contributed by atoms with E-state index in [2.05, 4.69) is 30.0 Å². The second-order valence-corrected chi connectivity index (χ2v) is 4.93. The van der Waals surface area contributed by atoms with E-state index in [4.69, 9.17) is 10.3 Å². The second-order valence-electron chi connectivity index (χ2n) is 4.93. The molecule has 0 spiro atoms. The average Bonchev–Trinajstić information content (AvgIpc) is 2.99. The van der Waals surface area contributed by atoms with Crippen LogP contribution in [0.15, 0.2) is 28.0 Å². The topological polar surface area (TPSA) is 110 Å². The lowest BCUT2D eigenvalue weighted by molar-refractivity contribution is 0.367. The number of aromatic nitrogens is 4. The van der Waals surface area contributed by atoms with Crippen molar-refractivity contribution in [1.29, 1.82) is 0 Å². The number of hydrogen-bond donors (Lipinski definition) is 1. The SMILES string of the molecule is Cc1noc(CN=C(N)N2CCN(c3ncccn3)CC2)n1.